The topological polar surface area (TPSA) is 43.1 Å². The van der Waals surface area contributed by atoms with E-state index in [9.17, 15) is 4.79 Å². The molecular weight excluding hydrogens is 234 g/mol. The van der Waals surface area contributed by atoms with Crippen LogP contribution in [-0.4, -0.2) is 5.78 Å². The van der Waals surface area contributed by atoms with E-state index in [2.05, 4.69) is 6.92 Å². The second-order valence-electron chi connectivity index (χ2n) is 4.68. The highest BCUT2D eigenvalue weighted by atomic mass is 35.5. The molecule has 0 aliphatic heterocycles. The van der Waals surface area contributed by atoms with Gasteiger partial charge in [0.15, 0.2) is 5.78 Å². The summed E-state index contributed by atoms with van der Waals surface area (Å²) in [6.07, 6.45) is 5.00. The molecule has 0 aromatic heterocycles. The molecule has 3 heteroatoms. The van der Waals surface area contributed by atoms with E-state index in [-0.39, 0.29) is 5.78 Å². The molecule has 1 aromatic carbocycles. The molecule has 2 nitrogen and oxygen atoms in total. The smallest absolute Gasteiger partial charge is 0.190 e. The molecule has 90 valence electrons. The third kappa shape index (κ3) is 2.70. The standard InChI is InChI=1S/C14H16ClNO/c1-9-3-2-4-10(7-9)14(17)12-8-11(15)5-6-13(12)16/h4-6,8-9H,2-3,7,16H2,1H3. The van der Waals surface area contributed by atoms with Crippen LogP contribution < -0.4 is 5.73 Å². The van der Waals surface area contributed by atoms with E-state index in [1.165, 1.54) is 0 Å². The summed E-state index contributed by atoms with van der Waals surface area (Å²) in [5.41, 5.74) is 7.72. The number of allylic oxidation sites excluding steroid dienone is 2. The predicted molar refractivity (Wildman–Crippen MR) is 71.3 cm³/mol. The van der Waals surface area contributed by atoms with Crippen molar-refractivity contribution in [2.75, 3.05) is 5.73 Å². The van der Waals surface area contributed by atoms with Gasteiger partial charge >= 0.3 is 0 Å². The highest BCUT2D eigenvalue weighted by Gasteiger charge is 2.20. The molecule has 0 spiro atoms. The van der Waals surface area contributed by atoms with Crippen molar-refractivity contribution in [2.24, 2.45) is 5.92 Å². The molecule has 0 saturated carbocycles. The second kappa shape index (κ2) is 4.92. The first-order valence-corrected chi connectivity index (χ1v) is 6.24. The van der Waals surface area contributed by atoms with Gasteiger partial charge < -0.3 is 5.73 Å². The van der Waals surface area contributed by atoms with Crippen molar-refractivity contribution in [3.05, 3.63) is 40.4 Å². The third-order valence-corrected chi connectivity index (χ3v) is 3.41. The molecule has 1 unspecified atom stereocenters. The van der Waals surface area contributed by atoms with Gasteiger partial charge in [-0.05, 0) is 49.0 Å². The normalized spacial score (nSPS) is 19.9. The van der Waals surface area contributed by atoms with E-state index in [1.807, 2.05) is 6.08 Å². The Kier molecular flexibility index (Phi) is 3.53. The molecule has 1 aliphatic carbocycles. The molecule has 0 radical (unpaired) electrons. The van der Waals surface area contributed by atoms with Crippen LogP contribution >= 0.6 is 11.6 Å². The van der Waals surface area contributed by atoms with Crippen molar-refractivity contribution in [3.63, 3.8) is 0 Å². The lowest BCUT2D eigenvalue weighted by Crippen LogP contribution is -2.12. The fourth-order valence-electron chi connectivity index (χ4n) is 2.19. The first-order chi connectivity index (χ1) is 8.08. The molecule has 0 saturated heterocycles. The number of anilines is 1. The number of ketones is 1. The van der Waals surface area contributed by atoms with E-state index in [4.69, 9.17) is 17.3 Å². The number of Topliss-reactive ketones (excluding diaryl/α,β-unsaturated/α-hetero) is 1. The number of rotatable bonds is 2. The highest BCUT2D eigenvalue weighted by Crippen LogP contribution is 2.28. The summed E-state index contributed by atoms with van der Waals surface area (Å²) in [4.78, 5) is 12.3. The lowest BCUT2D eigenvalue weighted by atomic mass is 9.86. The first-order valence-electron chi connectivity index (χ1n) is 5.86. The van der Waals surface area contributed by atoms with Crippen LogP contribution in [-0.2, 0) is 0 Å². The van der Waals surface area contributed by atoms with Gasteiger partial charge in [-0.2, -0.15) is 0 Å². The Labute approximate surface area is 106 Å². The summed E-state index contributed by atoms with van der Waals surface area (Å²) >= 11 is 5.90. The molecule has 0 heterocycles. The van der Waals surface area contributed by atoms with Gasteiger partial charge in [-0.1, -0.05) is 24.6 Å². The number of carbonyl (C=O) groups is 1. The number of benzene rings is 1. The maximum Gasteiger partial charge on any atom is 0.190 e. The Morgan fingerprint density at radius 3 is 2.94 bits per heavy atom. The molecule has 2 rings (SSSR count). The van der Waals surface area contributed by atoms with Gasteiger partial charge in [-0.25, -0.2) is 0 Å². The summed E-state index contributed by atoms with van der Waals surface area (Å²) < 4.78 is 0. The Bertz CT molecular complexity index is 479. The van der Waals surface area contributed by atoms with Crippen molar-refractivity contribution in [1.82, 2.24) is 0 Å². The van der Waals surface area contributed by atoms with Crippen LogP contribution in [0, 0.1) is 5.92 Å². The van der Waals surface area contributed by atoms with E-state index in [1.54, 1.807) is 18.2 Å². The number of nitrogens with two attached hydrogens (primary N) is 1. The van der Waals surface area contributed by atoms with E-state index >= 15 is 0 Å². The van der Waals surface area contributed by atoms with Crippen LogP contribution in [0.25, 0.3) is 0 Å². The quantitative estimate of drug-likeness (QED) is 0.639. The molecule has 2 N–H and O–H groups in total. The summed E-state index contributed by atoms with van der Waals surface area (Å²) in [6, 6.07) is 5.03. The minimum atomic E-state index is 0.0246. The Morgan fingerprint density at radius 2 is 2.24 bits per heavy atom. The fraction of sp³-hybridized carbons (Fsp3) is 0.357. The van der Waals surface area contributed by atoms with E-state index in [0.29, 0.717) is 22.2 Å². The van der Waals surface area contributed by atoms with Crippen molar-refractivity contribution >= 4 is 23.1 Å². The molecule has 1 atom stereocenters. The van der Waals surface area contributed by atoms with Gasteiger partial charge in [-0.3, -0.25) is 4.79 Å². The van der Waals surface area contributed by atoms with Crippen LogP contribution in [0.4, 0.5) is 5.69 Å². The lowest BCUT2D eigenvalue weighted by Gasteiger charge is -2.18. The second-order valence-corrected chi connectivity index (χ2v) is 5.11. The van der Waals surface area contributed by atoms with Gasteiger partial charge in [0, 0.05) is 16.3 Å². The van der Waals surface area contributed by atoms with Crippen LogP contribution in [0.3, 0.4) is 0 Å². The van der Waals surface area contributed by atoms with Crippen LogP contribution in [0.2, 0.25) is 5.02 Å². The molecular formula is C14H16ClNO. The largest absolute Gasteiger partial charge is 0.398 e. The molecule has 17 heavy (non-hydrogen) atoms. The van der Waals surface area contributed by atoms with Gasteiger partial charge in [0.25, 0.3) is 0 Å². The molecule has 0 bridgehead atoms. The van der Waals surface area contributed by atoms with Crippen LogP contribution in [0.15, 0.2) is 29.8 Å². The van der Waals surface area contributed by atoms with Gasteiger partial charge in [0.05, 0.1) is 0 Å². The summed E-state index contributed by atoms with van der Waals surface area (Å²) in [5.74, 6) is 0.593. The molecule has 1 aliphatic rings. The monoisotopic (exact) mass is 249 g/mol. The molecule has 0 amide bonds. The minimum absolute atomic E-state index is 0.0246. The fourth-order valence-corrected chi connectivity index (χ4v) is 2.36. The maximum absolute atomic E-state index is 12.3. The number of carbonyl (C=O) groups excluding carboxylic acids is 1. The van der Waals surface area contributed by atoms with Crippen LogP contribution in [0.1, 0.15) is 36.5 Å². The van der Waals surface area contributed by atoms with Crippen molar-refractivity contribution in [1.29, 1.82) is 0 Å². The van der Waals surface area contributed by atoms with Crippen molar-refractivity contribution < 1.29 is 4.79 Å². The summed E-state index contributed by atoms with van der Waals surface area (Å²) in [7, 11) is 0. The zero-order valence-electron chi connectivity index (χ0n) is 9.87. The Hall–Kier alpha value is -1.28. The zero-order valence-corrected chi connectivity index (χ0v) is 10.6. The average molecular weight is 250 g/mol. The number of hydrogen-bond donors (Lipinski definition) is 1. The zero-order chi connectivity index (χ0) is 12.4. The summed E-state index contributed by atoms with van der Waals surface area (Å²) in [6.45, 7) is 2.17. The van der Waals surface area contributed by atoms with E-state index in [0.717, 1.165) is 24.8 Å². The maximum atomic E-state index is 12.3. The average Bonchev–Trinajstić information content (AvgIpc) is 2.31. The van der Waals surface area contributed by atoms with Crippen LogP contribution in [0.5, 0.6) is 0 Å². The molecule has 0 fully saturated rings. The lowest BCUT2D eigenvalue weighted by molar-refractivity contribution is 0.102. The molecule has 1 aromatic rings. The van der Waals surface area contributed by atoms with Gasteiger partial charge in [-0.15, -0.1) is 0 Å². The first kappa shape index (κ1) is 12.2. The van der Waals surface area contributed by atoms with Crippen molar-refractivity contribution in [2.45, 2.75) is 26.2 Å². The number of nitrogen functional groups attached to an aromatic ring is 1. The third-order valence-electron chi connectivity index (χ3n) is 3.17. The van der Waals surface area contributed by atoms with E-state index < -0.39 is 0 Å². The predicted octanol–water partition coefficient (Wildman–Crippen LogP) is 3.85. The number of hydrogen-bond acceptors (Lipinski definition) is 2. The SMILES string of the molecule is CC1CCC=C(C(=O)c2cc(Cl)ccc2N)C1. The number of halogens is 1. The minimum Gasteiger partial charge on any atom is -0.398 e. The summed E-state index contributed by atoms with van der Waals surface area (Å²) in [5, 5.41) is 0.548. The highest BCUT2D eigenvalue weighted by molar-refractivity contribution is 6.31. The Morgan fingerprint density at radius 1 is 1.47 bits per heavy atom. The Balaban J connectivity index is 2.31. The van der Waals surface area contributed by atoms with Gasteiger partial charge in [0.1, 0.15) is 0 Å². The van der Waals surface area contributed by atoms with Crippen molar-refractivity contribution in [3.8, 4) is 0 Å². The van der Waals surface area contributed by atoms with Gasteiger partial charge in [0.2, 0.25) is 0 Å².